The van der Waals surface area contributed by atoms with E-state index in [9.17, 15) is 0 Å². The van der Waals surface area contributed by atoms with E-state index in [1.807, 2.05) is 0 Å². The molecule has 0 fully saturated rings. The second-order valence-corrected chi connectivity index (χ2v) is 5.70. The van der Waals surface area contributed by atoms with E-state index in [1.165, 1.54) is 4.88 Å². The fourth-order valence-corrected chi connectivity index (χ4v) is 3.19. The lowest BCUT2D eigenvalue weighted by Crippen LogP contribution is -2.13. The third-order valence-electron chi connectivity index (χ3n) is 2.41. The van der Waals surface area contributed by atoms with Gasteiger partial charge in [-0.15, -0.1) is 11.3 Å². The van der Waals surface area contributed by atoms with E-state index >= 15 is 0 Å². The lowest BCUT2D eigenvalue weighted by Gasteiger charge is -2.15. The van der Waals surface area contributed by atoms with Crippen LogP contribution in [0.1, 0.15) is 30.1 Å². The number of nitrogens with two attached hydrogens (primary N) is 1. The van der Waals surface area contributed by atoms with Crippen LogP contribution in [0, 0.1) is 6.92 Å². The van der Waals surface area contributed by atoms with Crippen LogP contribution in [0.5, 0.6) is 0 Å². The zero-order valence-corrected chi connectivity index (χ0v) is 12.5. The number of hydrogen-bond acceptors (Lipinski definition) is 6. The number of hydrogen-bond donors (Lipinski definition) is 2. The lowest BCUT2D eigenvalue weighted by atomic mass is 10.2. The smallest absolute Gasteiger partial charge is 0.228 e. The maximum atomic E-state index is 5.61. The van der Waals surface area contributed by atoms with Crippen molar-refractivity contribution < 1.29 is 0 Å². The Morgan fingerprint density at radius 3 is 2.78 bits per heavy atom. The van der Waals surface area contributed by atoms with Crippen molar-refractivity contribution >= 4 is 39.2 Å². The molecule has 0 amide bonds. The first-order chi connectivity index (χ1) is 8.58. The molecule has 2 aromatic rings. The molecule has 0 aliphatic carbocycles. The van der Waals surface area contributed by atoms with Crippen molar-refractivity contribution in [3.8, 4) is 0 Å². The molecule has 1 atom stereocenters. The second kappa shape index (κ2) is 5.62. The largest absolute Gasteiger partial charge is 0.368 e. The van der Waals surface area contributed by atoms with Crippen LogP contribution in [-0.2, 0) is 0 Å². The van der Waals surface area contributed by atoms with Gasteiger partial charge in [-0.3, -0.25) is 0 Å². The van der Waals surface area contributed by atoms with Gasteiger partial charge in [0.1, 0.15) is 5.82 Å². The molecule has 2 rings (SSSR count). The highest BCUT2D eigenvalue weighted by Crippen LogP contribution is 2.29. The van der Waals surface area contributed by atoms with Gasteiger partial charge in [0, 0.05) is 14.7 Å². The summed E-state index contributed by atoms with van der Waals surface area (Å²) < 4.78 is 1.09. The fraction of sp³-hybridized carbons (Fsp3) is 0.364. The zero-order chi connectivity index (χ0) is 13.1. The van der Waals surface area contributed by atoms with Gasteiger partial charge in [-0.1, -0.05) is 6.92 Å². The van der Waals surface area contributed by atoms with E-state index in [0.29, 0.717) is 11.8 Å². The third-order valence-corrected chi connectivity index (χ3v) is 4.21. The number of thiophene rings is 1. The molecule has 0 aliphatic rings. The van der Waals surface area contributed by atoms with Crippen molar-refractivity contribution in [2.75, 3.05) is 11.1 Å². The molecule has 0 bridgehead atoms. The number of nitrogens with one attached hydrogen (secondary N) is 1. The minimum atomic E-state index is 0.183. The Morgan fingerprint density at radius 1 is 1.44 bits per heavy atom. The summed E-state index contributed by atoms with van der Waals surface area (Å²) in [5.41, 5.74) is 5.61. The predicted octanol–water partition coefficient (Wildman–Crippen LogP) is 3.15. The van der Waals surface area contributed by atoms with E-state index in [1.54, 1.807) is 18.3 Å². The van der Waals surface area contributed by atoms with Gasteiger partial charge in [0.25, 0.3) is 0 Å². The monoisotopic (exact) mass is 327 g/mol. The fourth-order valence-electron chi connectivity index (χ4n) is 1.61. The van der Waals surface area contributed by atoms with Gasteiger partial charge in [-0.25, -0.2) is 0 Å². The average molecular weight is 328 g/mol. The summed E-state index contributed by atoms with van der Waals surface area (Å²) in [7, 11) is 0. The van der Waals surface area contributed by atoms with Crippen LogP contribution in [0.3, 0.4) is 0 Å². The van der Waals surface area contributed by atoms with Gasteiger partial charge >= 0.3 is 0 Å². The number of rotatable bonds is 4. The number of aromatic nitrogens is 3. The van der Waals surface area contributed by atoms with E-state index in [2.05, 4.69) is 54.6 Å². The van der Waals surface area contributed by atoms with Crippen LogP contribution in [0.15, 0.2) is 15.9 Å². The summed E-state index contributed by atoms with van der Waals surface area (Å²) >= 11 is 5.16. The molecule has 0 saturated carbocycles. The molecule has 7 heteroatoms. The molecule has 0 spiro atoms. The van der Waals surface area contributed by atoms with Gasteiger partial charge in [-0.2, -0.15) is 15.0 Å². The highest BCUT2D eigenvalue weighted by molar-refractivity contribution is 9.10. The topological polar surface area (TPSA) is 76.7 Å². The van der Waals surface area contributed by atoms with Gasteiger partial charge in [0.15, 0.2) is 0 Å². The van der Waals surface area contributed by atoms with Crippen LogP contribution < -0.4 is 11.1 Å². The number of halogens is 1. The molecule has 0 radical (unpaired) electrons. The van der Waals surface area contributed by atoms with Crippen molar-refractivity contribution in [2.24, 2.45) is 0 Å². The molecule has 5 nitrogen and oxygen atoms in total. The van der Waals surface area contributed by atoms with E-state index < -0.39 is 0 Å². The Balaban J connectivity index is 2.20. The number of aryl methyl sites for hydroxylation is 1. The van der Waals surface area contributed by atoms with Crippen LogP contribution in [-0.4, -0.2) is 15.0 Å². The summed E-state index contributed by atoms with van der Waals surface area (Å²) in [6.07, 6.45) is 0.942. The molecule has 3 N–H and O–H groups in total. The normalized spacial score (nSPS) is 12.4. The Hall–Kier alpha value is -1.21. The van der Waals surface area contributed by atoms with Crippen molar-refractivity contribution in [3.05, 3.63) is 26.6 Å². The second-order valence-electron chi connectivity index (χ2n) is 3.84. The first-order valence-corrected chi connectivity index (χ1v) is 7.24. The van der Waals surface area contributed by atoms with E-state index in [0.717, 1.165) is 10.9 Å². The molecular weight excluding hydrogens is 314 g/mol. The highest BCUT2D eigenvalue weighted by Gasteiger charge is 2.13. The van der Waals surface area contributed by atoms with Gasteiger partial charge in [0.05, 0.1) is 6.04 Å². The number of anilines is 2. The van der Waals surface area contributed by atoms with Crippen molar-refractivity contribution in [1.29, 1.82) is 0 Å². The lowest BCUT2D eigenvalue weighted by molar-refractivity contribution is 0.748. The highest BCUT2D eigenvalue weighted by atomic mass is 79.9. The Morgan fingerprint density at radius 2 is 2.22 bits per heavy atom. The SMILES string of the molecule is CCC(Nc1nc(C)nc(N)n1)c1cc(Br)cs1. The van der Waals surface area contributed by atoms with Gasteiger partial charge in [0.2, 0.25) is 11.9 Å². The molecule has 0 aliphatic heterocycles. The van der Waals surface area contributed by atoms with Crippen LogP contribution in [0.2, 0.25) is 0 Å². The molecular formula is C11H14BrN5S. The molecule has 2 aromatic heterocycles. The molecule has 2 heterocycles. The van der Waals surface area contributed by atoms with E-state index in [4.69, 9.17) is 5.73 Å². The van der Waals surface area contributed by atoms with Crippen molar-refractivity contribution in [1.82, 2.24) is 15.0 Å². The van der Waals surface area contributed by atoms with Gasteiger partial charge in [-0.05, 0) is 35.3 Å². The minimum Gasteiger partial charge on any atom is -0.368 e. The summed E-state index contributed by atoms with van der Waals surface area (Å²) in [6.45, 7) is 3.91. The Kier molecular flexibility index (Phi) is 4.13. The Labute approximate surface area is 118 Å². The zero-order valence-electron chi connectivity index (χ0n) is 10.1. The van der Waals surface area contributed by atoms with Crippen molar-refractivity contribution in [2.45, 2.75) is 26.3 Å². The molecule has 96 valence electrons. The summed E-state index contributed by atoms with van der Waals surface area (Å²) in [6, 6.07) is 2.28. The van der Waals surface area contributed by atoms with Crippen LogP contribution in [0.4, 0.5) is 11.9 Å². The summed E-state index contributed by atoms with van der Waals surface area (Å²) in [4.78, 5) is 13.5. The number of nitrogen functional groups attached to an aromatic ring is 1. The van der Waals surface area contributed by atoms with Crippen molar-refractivity contribution in [3.63, 3.8) is 0 Å². The van der Waals surface area contributed by atoms with Crippen LogP contribution >= 0.6 is 27.3 Å². The first kappa shape index (κ1) is 13.2. The van der Waals surface area contributed by atoms with E-state index in [-0.39, 0.29) is 12.0 Å². The number of nitrogens with zero attached hydrogens (tertiary/aromatic N) is 3. The minimum absolute atomic E-state index is 0.183. The standard InChI is InChI=1S/C11H14BrN5S/c1-3-8(9-4-7(12)5-18-9)16-11-15-6(2)14-10(13)17-11/h4-5,8H,3H2,1-2H3,(H3,13,14,15,16,17). The average Bonchev–Trinajstić information content (AvgIpc) is 2.71. The molecule has 0 saturated heterocycles. The maximum absolute atomic E-state index is 5.61. The third kappa shape index (κ3) is 3.17. The summed E-state index contributed by atoms with van der Waals surface area (Å²) in [5, 5.41) is 5.35. The molecule has 1 unspecified atom stereocenters. The molecule has 18 heavy (non-hydrogen) atoms. The first-order valence-electron chi connectivity index (χ1n) is 5.57. The predicted molar refractivity (Wildman–Crippen MR) is 77.7 cm³/mol. The Bertz CT molecular complexity index is 522. The molecule has 0 aromatic carbocycles. The quantitative estimate of drug-likeness (QED) is 0.902. The maximum Gasteiger partial charge on any atom is 0.228 e. The van der Waals surface area contributed by atoms with Crippen LogP contribution in [0.25, 0.3) is 0 Å². The van der Waals surface area contributed by atoms with Gasteiger partial charge < -0.3 is 11.1 Å². The summed E-state index contributed by atoms with van der Waals surface area (Å²) in [5.74, 6) is 1.38.